The Hall–Kier alpha value is -7.78. The molecule has 0 N–H and O–H groups in total. The highest BCUT2D eigenvalue weighted by atomic mass is 32.2. The van der Waals surface area contributed by atoms with Crippen LogP contribution in [0.3, 0.4) is 0 Å². The van der Waals surface area contributed by atoms with E-state index in [9.17, 15) is 82.8 Å². The highest BCUT2D eigenvalue weighted by Gasteiger charge is 2.61. The van der Waals surface area contributed by atoms with Crippen LogP contribution in [0.2, 0.25) is 0 Å². The van der Waals surface area contributed by atoms with Crippen LogP contribution >= 0.6 is 0 Å². The number of halogens is 10. The average Bonchev–Trinajstić information content (AvgIpc) is 1.77. The van der Waals surface area contributed by atoms with Gasteiger partial charge in [0.15, 0.2) is 110 Å². The molecule has 3 saturated heterocycles. The van der Waals surface area contributed by atoms with Crippen molar-refractivity contribution in [2.45, 2.75) is 279 Å². The fraction of sp³-hybridized carbons (Fsp3) is 0.443. The summed E-state index contributed by atoms with van der Waals surface area (Å²) in [5.41, 5.74) is 5.38. The van der Waals surface area contributed by atoms with E-state index in [2.05, 4.69) is 149 Å². The van der Waals surface area contributed by atoms with Crippen molar-refractivity contribution >= 4 is 63.0 Å². The van der Waals surface area contributed by atoms with E-state index in [4.69, 9.17) is 42.6 Å². The predicted molar refractivity (Wildman–Crippen MR) is 479 cm³/mol. The Balaban J connectivity index is 0.000000204. The Morgan fingerprint density at radius 1 is 0.336 bits per heavy atom. The van der Waals surface area contributed by atoms with Gasteiger partial charge in [-0.05, 0) is 301 Å². The van der Waals surface area contributed by atoms with Crippen molar-refractivity contribution in [2.75, 3.05) is 33.0 Å². The normalized spacial score (nSPS) is 20.4. The molecular weight excluding hydrogens is 1840 g/mol. The molecule has 0 aliphatic carbocycles. The van der Waals surface area contributed by atoms with E-state index in [1.807, 2.05) is 62.4 Å². The molecule has 9 aromatic rings. The highest BCUT2D eigenvalue weighted by Crippen LogP contribution is 2.46. The molecule has 0 bridgehead atoms. The molecule has 3 heterocycles. The molecule has 9 atom stereocenters. The summed E-state index contributed by atoms with van der Waals surface area (Å²) in [6, 6.07) is 66.5. The number of hydrogen-bond acceptors (Lipinski definition) is 18. The van der Waals surface area contributed by atoms with Gasteiger partial charge in [-0.15, -0.1) is 0 Å². The van der Waals surface area contributed by atoms with Crippen molar-refractivity contribution in [2.24, 2.45) is 5.92 Å². The molecular formula is C97H112F10O18S6. The van der Waals surface area contributed by atoms with E-state index in [1.54, 1.807) is 48.5 Å². The summed E-state index contributed by atoms with van der Waals surface area (Å²) < 4.78 is 289. The van der Waals surface area contributed by atoms with Gasteiger partial charge in [-0.2, -0.15) is 43.9 Å². The van der Waals surface area contributed by atoms with Crippen LogP contribution in [-0.2, 0) is 125 Å². The van der Waals surface area contributed by atoms with E-state index in [0.717, 1.165) is 109 Å². The van der Waals surface area contributed by atoms with Gasteiger partial charge in [0.25, 0.3) is 0 Å². The molecule has 3 fully saturated rings. The Morgan fingerprint density at radius 2 is 0.550 bits per heavy atom. The first-order valence-corrected chi connectivity index (χ1v) is 50.3. The van der Waals surface area contributed by atoms with Gasteiger partial charge in [0.05, 0.1) is 58.6 Å². The molecule has 714 valence electrons. The molecule has 9 aromatic carbocycles. The fourth-order valence-electron chi connectivity index (χ4n) is 14.1. The summed E-state index contributed by atoms with van der Waals surface area (Å²) in [7, 11) is -19.7. The van der Waals surface area contributed by atoms with Gasteiger partial charge in [0.1, 0.15) is 30.5 Å². The molecule has 0 aromatic heterocycles. The largest absolute Gasteiger partial charge is 0.743 e. The van der Waals surface area contributed by atoms with Crippen LogP contribution < -0.4 is 14.2 Å². The fourth-order valence-corrected chi connectivity index (χ4v) is 21.6. The molecule has 131 heavy (non-hydrogen) atoms. The third-order valence-corrected chi connectivity index (χ3v) is 32.5. The van der Waals surface area contributed by atoms with Crippen molar-refractivity contribution in [3.05, 3.63) is 252 Å². The van der Waals surface area contributed by atoms with E-state index in [1.165, 1.54) is 66.6 Å². The number of rotatable bonds is 24. The first-order chi connectivity index (χ1) is 60.6. The van der Waals surface area contributed by atoms with Crippen LogP contribution in [0.4, 0.5) is 43.9 Å². The van der Waals surface area contributed by atoms with Gasteiger partial charge < -0.3 is 56.3 Å². The van der Waals surface area contributed by atoms with E-state index in [-0.39, 0.29) is 45.2 Å². The predicted octanol–water partition coefficient (Wildman–Crippen LogP) is 22.9. The lowest BCUT2D eigenvalue weighted by atomic mass is 9.87. The summed E-state index contributed by atoms with van der Waals surface area (Å²) in [5, 5.41) is -13.8. The van der Waals surface area contributed by atoms with E-state index in [0.29, 0.717) is 30.6 Å². The molecule has 12 rings (SSSR count). The summed E-state index contributed by atoms with van der Waals surface area (Å²) in [6.45, 7) is 29.9. The standard InChI is InChI=1S/C34H42F2O6S2.C32H38F2O6S2.C31H32F6O6S2/c1-23-9-8-22-40-33(7,42-24(23)2)27-12-18-30(19-13-27)43(29-16-10-26(11-17-29)32(4,5)6)31-20-14-28(15-21-31)41-25(3)34(35,36)44(37,38)39;1-23(32(33,34)42(35,36)37)40-26-13-19-29(20-14-26)41(27-15-9-24(10-16-27)30(2,3)4)28-17-11-25(12-18-28)31(5)38-21-7-6-8-22-39-31;1-20(31(36,37)45(38,39)40)43-23-10-16-26(17-11-23)44(24-12-6-21(7-13-24)27(2,3)4)25-14-8-22(9-15-25)28(5)41-18-29(32,33)30(34,35)19-42-28/h10-21,23-25H,8-9,22H2,1-7H3;9-20,23H,6-8,21-22H2,1-5H3;6-17,20H,18-19H2,1-5H3. The highest BCUT2D eigenvalue weighted by molar-refractivity contribution is 7.97. The Bertz CT molecular complexity index is 5610. The van der Waals surface area contributed by atoms with Crippen LogP contribution in [-0.4, -0.2) is 124 Å². The van der Waals surface area contributed by atoms with E-state index < -0.39 is 140 Å². The zero-order chi connectivity index (χ0) is 96.9. The van der Waals surface area contributed by atoms with Gasteiger partial charge in [-0.1, -0.05) is 106 Å². The minimum absolute atomic E-state index is 0.0128. The third-order valence-electron chi connectivity index (χ3n) is 22.8. The summed E-state index contributed by atoms with van der Waals surface area (Å²) in [6.07, 6.45) is -1.44. The SMILES string of the molecule is CC(Oc1ccc([S+](c2ccc(C(C)(C)C)cc2)c2ccc(C3(C)OCC(F)(F)C(F)(F)CO3)cc2)cc1)C(F)(F)S(=O)(=O)[O-].CC(Oc1ccc([S+](c2ccc(C(C)(C)C)cc2)c2ccc(C3(C)OCCCCCO3)cc2)cc1)C(F)(F)S(=O)(=O)[O-].CC1CCCOC(C)(c2ccc([S+](c3ccc(OC(C)C(F)(F)S(=O)(=O)[O-])cc3)c3ccc(C(C)(C)C)cc3)cc2)OC1C. The minimum atomic E-state index is -5.96. The molecule has 18 nitrogen and oxygen atoms in total. The average molecular weight is 1950 g/mol. The zero-order valence-corrected chi connectivity index (χ0v) is 80.7. The molecule has 9 unspecified atom stereocenters. The number of benzene rings is 9. The number of ether oxygens (including phenoxy) is 9. The maximum atomic E-state index is 14.0. The van der Waals surface area contributed by atoms with Gasteiger partial charge in [-0.25, -0.2) is 25.3 Å². The zero-order valence-electron chi connectivity index (χ0n) is 75.8. The quantitative estimate of drug-likeness (QED) is 0.0309. The lowest BCUT2D eigenvalue weighted by molar-refractivity contribution is -0.270. The summed E-state index contributed by atoms with van der Waals surface area (Å²) in [4.78, 5) is 8.25. The van der Waals surface area contributed by atoms with Gasteiger partial charge >= 0.3 is 27.6 Å². The number of hydrogen-bond donors (Lipinski definition) is 0. The molecule has 0 saturated carbocycles. The second-order valence-corrected chi connectivity index (χ2v) is 46.4. The third kappa shape index (κ3) is 25.5. The molecule has 0 radical (unpaired) electrons. The molecule has 34 heteroatoms. The van der Waals surface area contributed by atoms with Crippen LogP contribution in [0.1, 0.15) is 183 Å². The first-order valence-electron chi connectivity index (χ1n) is 42.4. The Kier molecular flexibility index (Phi) is 33.0. The van der Waals surface area contributed by atoms with Gasteiger partial charge in [0, 0.05) is 16.7 Å². The number of alkyl halides is 10. The minimum Gasteiger partial charge on any atom is -0.743 e. The Morgan fingerprint density at radius 3 is 0.794 bits per heavy atom. The maximum Gasteiger partial charge on any atom is 0.369 e. The molecule has 3 aliphatic heterocycles. The molecule has 0 spiro atoms. The van der Waals surface area contributed by atoms with Crippen molar-refractivity contribution < 1.29 is 125 Å². The molecule has 0 amide bonds. The van der Waals surface area contributed by atoms with Gasteiger partial charge in [-0.3, -0.25) is 0 Å². The topological polar surface area (TPSA) is 255 Å². The van der Waals surface area contributed by atoms with Gasteiger partial charge in [0.2, 0.25) is 0 Å². The lowest BCUT2D eigenvalue weighted by Crippen LogP contribution is -2.45. The van der Waals surface area contributed by atoms with Crippen LogP contribution in [0.5, 0.6) is 17.2 Å². The van der Waals surface area contributed by atoms with Crippen LogP contribution in [0.15, 0.2) is 262 Å². The summed E-state index contributed by atoms with van der Waals surface area (Å²) in [5.74, 6) is -12.0. The van der Waals surface area contributed by atoms with Crippen molar-refractivity contribution in [1.82, 2.24) is 0 Å². The van der Waals surface area contributed by atoms with Crippen molar-refractivity contribution in [3.8, 4) is 17.2 Å². The smallest absolute Gasteiger partial charge is 0.369 e. The summed E-state index contributed by atoms with van der Waals surface area (Å²) >= 11 is 0. The van der Waals surface area contributed by atoms with Crippen LogP contribution in [0, 0.1) is 5.92 Å². The van der Waals surface area contributed by atoms with Crippen molar-refractivity contribution in [3.63, 3.8) is 0 Å². The lowest BCUT2D eigenvalue weighted by Gasteiger charge is -2.37. The Labute approximate surface area is 770 Å². The van der Waals surface area contributed by atoms with E-state index >= 15 is 0 Å². The monoisotopic (exact) mass is 1950 g/mol. The van der Waals surface area contributed by atoms with Crippen molar-refractivity contribution in [1.29, 1.82) is 0 Å². The van der Waals surface area contributed by atoms with Crippen LogP contribution in [0.25, 0.3) is 0 Å². The second-order valence-electron chi connectivity index (χ2n) is 35.9. The second kappa shape index (κ2) is 41.0. The molecule has 3 aliphatic rings. The first kappa shape index (κ1) is 105. The maximum absolute atomic E-state index is 14.0.